The topological polar surface area (TPSA) is 48.6 Å². The van der Waals surface area contributed by atoms with Gasteiger partial charge in [0.2, 0.25) is 0 Å². The molecule has 0 unspecified atom stereocenters. The molecule has 146 valence electrons. The Kier molecular flexibility index (Phi) is 5.63. The van der Waals surface area contributed by atoms with Crippen LogP contribution in [-0.2, 0) is 0 Å². The number of benzene rings is 2. The molecular weight excluding hydrogens is 350 g/mol. The summed E-state index contributed by atoms with van der Waals surface area (Å²) >= 11 is 0. The number of para-hydroxylation sites is 2. The maximum absolute atomic E-state index is 12.8. The van der Waals surface area contributed by atoms with Gasteiger partial charge >= 0.3 is 0 Å². The number of ether oxygens (including phenoxy) is 1. The number of aromatic nitrogens is 1. The largest absolute Gasteiger partial charge is 0.493 e. The van der Waals surface area contributed by atoms with Crippen molar-refractivity contribution in [1.29, 1.82) is 0 Å². The van der Waals surface area contributed by atoms with Crippen LogP contribution in [0.2, 0.25) is 0 Å². The summed E-state index contributed by atoms with van der Waals surface area (Å²) in [6.07, 6.45) is 0.990. The molecule has 5 heteroatoms. The number of rotatable bonds is 6. The summed E-state index contributed by atoms with van der Waals surface area (Å²) in [7, 11) is 0. The quantitative estimate of drug-likeness (QED) is 0.667. The summed E-state index contributed by atoms with van der Waals surface area (Å²) in [5.41, 5.74) is 2.87. The monoisotopic (exact) mass is 377 g/mol. The Morgan fingerprint density at radius 1 is 1.04 bits per heavy atom. The lowest BCUT2D eigenvalue weighted by molar-refractivity contribution is 0.0626. The highest BCUT2D eigenvalue weighted by molar-refractivity contribution is 5.98. The van der Waals surface area contributed by atoms with Gasteiger partial charge in [0, 0.05) is 43.6 Å². The first-order chi connectivity index (χ1) is 13.7. The van der Waals surface area contributed by atoms with Gasteiger partial charge in [-0.25, -0.2) is 0 Å². The molecule has 0 aliphatic carbocycles. The number of amides is 1. The second kappa shape index (κ2) is 8.48. The van der Waals surface area contributed by atoms with E-state index in [2.05, 4.69) is 22.9 Å². The van der Waals surface area contributed by atoms with Crippen LogP contribution in [-0.4, -0.2) is 60.0 Å². The average molecular weight is 377 g/mol. The minimum Gasteiger partial charge on any atom is -0.493 e. The third-order valence-electron chi connectivity index (χ3n) is 5.39. The molecule has 1 aromatic heterocycles. The minimum absolute atomic E-state index is 0.0961. The molecule has 0 spiro atoms. The van der Waals surface area contributed by atoms with Crippen LogP contribution in [0.25, 0.3) is 10.9 Å². The van der Waals surface area contributed by atoms with Crippen molar-refractivity contribution < 1.29 is 9.53 Å². The van der Waals surface area contributed by atoms with Crippen molar-refractivity contribution in [3.05, 3.63) is 65.9 Å². The van der Waals surface area contributed by atoms with Gasteiger partial charge in [-0.3, -0.25) is 9.69 Å². The Balaban J connectivity index is 1.22. The molecule has 0 bridgehead atoms. The smallest absolute Gasteiger partial charge is 0.270 e. The van der Waals surface area contributed by atoms with E-state index in [4.69, 9.17) is 4.74 Å². The van der Waals surface area contributed by atoms with Crippen molar-refractivity contribution in [2.24, 2.45) is 0 Å². The van der Waals surface area contributed by atoms with E-state index < -0.39 is 0 Å². The van der Waals surface area contributed by atoms with E-state index in [0.29, 0.717) is 5.69 Å². The molecule has 2 heterocycles. The fourth-order valence-corrected chi connectivity index (χ4v) is 3.72. The molecule has 1 saturated heterocycles. The van der Waals surface area contributed by atoms with E-state index in [-0.39, 0.29) is 5.91 Å². The molecule has 0 saturated carbocycles. The molecule has 4 rings (SSSR count). The van der Waals surface area contributed by atoms with Gasteiger partial charge in [-0.15, -0.1) is 0 Å². The number of nitrogens with zero attached hydrogens (tertiary/aromatic N) is 2. The van der Waals surface area contributed by atoms with E-state index >= 15 is 0 Å². The Labute approximate surface area is 165 Å². The molecule has 0 atom stereocenters. The number of hydrogen-bond acceptors (Lipinski definition) is 3. The second-order valence-electron chi connectivity index (χ2n) is 7.37. The molecule has 1 fully saturated rings. The number of hydrogen-bond donors (Lipinski definition) is 1. The first-order valence-corrected chi connectivity index (χ1v) is 9.98. The number of H-pyrrole nitrogens is 1. The molecule has 2 aromatic carbocycles. The van der Waals surface area contributed by atoms with E-state index in [1.54, 1.807) is 0 Å². The van der Waals surface area contributed by atoms with Crippen LogP contribution in [0.5, 0.6) is 5.75 Å². The van der Waals surface area contributed by atoms with Crippen LogP contribution in [0, 0.1) is 6.92 Å². The first kappa shape index (κ1) is 18.6. The molecule has 1 aliphatic heterocycles. The van der Waals surface area contributed by atoms with Crippen LogP contribution in [0.15, 0.2) is 54.6 Å². The zero-order chi connectivity index (χ0) is 19.3. The van der Waals surface area contributed by atoms with E-state index in [0.717, 1.165) is 62.4 Å². The lowest BCUT2D eigenvalue weighted by atomic mass is 10.2. The lowest BCUT2D eigenvalue weighted by Gasteiger charge is -2.34. The molecule has 1 aliphatic rings. The molecule has 1 N–H and O–H groups in total. The first-order valence-electron chi connectivity index (χ1n) is 9.98. The van der Waals surface area contributed by atoms with Crippen LogP contribution < -0.4 is 4.74 Å². The summed E-state index contributed by atoms with van der Waals surface area (Å²) in [6, 6.07) is 18.1. The van der Waals surface area contributed by atoms with Crippen molar-refractivity contribution in [1.82, 2.24) is 14.8 Å². The number of aryl methyl sites for hydroxylation is 1. The minimum atomic E-state index is 0.0961. The maximum Gasteiger partial charge on any atom is 0.270 e. The van der Waals surface area contributed by atoms with Gasteiger partial charge in [0.1, 0.15) is 11.4 Å². The van der Waals surface area contributed by atoms with Crippen molar-refractivity contribution >= 4 is 16.8 Å². The van der Waals surface area contributed by atoms with Crippen molar-refractivity contribution in [2.45, 2.75) is 13.3 Å². The van der Waals surface area contributed by atoms with Gasteiger partial charge in [-0.05, 0) is 37.1 Å². The van der Waals surface area contributed by atoms with Gasteiger partial charge in [0.25, 0.3) is 5.91 Å². The van der Waals surface area contributed by atoms with Crippen molar-refractivity contribution in [2.75, 3.05) is 39.3 Å². The van der Waals surface area contributed by atoms with E-state index in [9.17, 15) is 4.79 Å². The highest BCUT2D eigenvalue weighted by atomic mass is 16.5. The van der Waals surface area contributed by atoms with Crippen LogP contribution in [0.4, 0.5) is 0 Å². The fraction of sp³-hybridized carbons (Fsp3) is 0.348. The highest BCUT2D eigenvalue weighted by Gasteiger charge is 2.23. The number of fused-ring (bicyclic) bond motifs is 1. The van der Waals surface area contributed by atoms with Gasteiger partial charge < -0.3 is 14.6 Å². The van der Waals surface area contributed by atoms with Gasteiger partial charge in [-0.1, -0.05) is 36.4 Å². The molecule has 0 radical (unpaired) electrons. The average Bonchev–Trinajstić information content (AvgIpc) is 3.17. The third-order valence-corrected chi connectivity index (χ3v) is 5.39. The number of aromatic amines is 1. The SMILES string of the molecule is Cc1ccccc1OCCCN1CCN(C(=O)c2cc3ccccc3[nH]2)CC1. The van der Waals surface area contributed by atoms with Crippen LogP contribution in [0.3, 0.4) is 0 Å². The predicted octanol–water partition coefficient (Wildman–Crippen LogP) is 3.70. The zero-order valence-electron chi connectivity index (χ0n) is 16.4. The Bertz CT molecular complexity index is 909. The fourth-order valence-electron chi connectivity index (χ4n) is 3.72. The van der Waals surface area contributed by atoms with Crippen LogP contribution >= 0.6 is 0 Å². The van der Waals surface area contributed by atoms with Gasteiger partial charge in [0.15, 0.2) is 0 Å². The number of carbonyl (C=O) groups excluding carboxylic acids is 1. The Hall–Kier alpha value is -2.79. The summed E-state index contributed by atoms with van der Waals surface area (Å²) in [4.78, 5) is 20.4. The molecular formula is C23H27N3O2. The molecule has 1 amide bonds. The number of carbonyl (C=O) groups is 1. The second-order valence-corrected chi connectivity index (χ2v) is 7.37. The zero-order valence-corrected chi connectivity index (χ0v) is 16.4. The van der Waals surface area contributed by atoms with E-state index in [1.165, 1.54) is 5.56 Å². The van der Waals surface area contributed by atoms with Crippen molar-refractivity contribution in [3.63, 3.8) is 0 Å². The van der Waals surface area contributed by atoms with Gasteiger partial charge in [-0.2, -0.15) is 0 Å². The maximum atomic E-state index is 12.8. The summed E-state index contributed by atoms with van der Waals surface area (Å²) in [5.74, 6) is 1.06. The molecule has 28 heavy (non-hydrogen) atoms. The van der Waals surface area contributed by atoms with Gasteiger partial charge in [0.05, 0.1) is 6.61 Å². The third kappa shape index (κ3) is 4.20. The molecule has 3 aromatic rings. The Morgan fingerprint density at radius 3 is 2.57 bits per heavy atom. The summed E-state index contributed by atoms with van der Waals surface area (Å²) in [6.45, 7) is 7.16. The van der Waals surface area contributed by atoms with Crippen LogP contribution in [0.1, 0.15) is 22.5 Å². The molecule has 5 nitrogen and oxygen atoms in total. The summed E-state index contributed by atoms with van der Waals surface area (Å²) in [5, 5.41) is 1.08. The Morgan fingerprint density at radius 2 is 1.79 bits per heavy atom. The standard InChI is InChI=1S/C23H27N3O2/c1-18-7-2-5-10-22(18)28-16-6-11-25-12-14-26(15-13-25)23(27)21-17-19-8-3-4-9-20(19)24-21/h2-5,7-10,17,24H,6,11-16H2,1H3. The van der Waals surface area contributed by atoms with Crippen molar-refractivity contribution in [3.8, 4) is 5.75 Å². The number of nitrogens with one attached hydrogen (secondary N) is 1. The summed E-state index contributed by atoms with van der Waals surface area (Å²) < 4.78 is 5.88. The lowest BCUT2D eigenvalue weighted by Crippen LogP contribution is -2.49. The number of piperazine rings is 1. The highest BCUT2D eigenvalue weighted by Crippen LogP contribution is 2.18. The predicted molar refractivity (Wildman–Crippen MR) is 112 cm³/mol. The van der Waals surface area contributed by atoms with E-state index in [1.807, 2.05) is 53.4 Å². The normalized spacial score (nSPS) is 15.1.